The molecule has 1 heterocycles. The maximum atomic E-state index is 13.1. The Hall–Kier alpha value is -3.31. The summed E-state index contributed by atoms with van der Waals surface area (Å²) in [4.78, 5) is 13.1. The van der Waals surface area contributed by atoms with Crippen molar-refractivity contribution in [3.63, 3.8) is 0 Å². The molecule has 1 amide bonds. The number of carbonyl (C=O) groups is 1. The number of rotatable bonds is 5. The summed E-state index contributed by atoms with van der Waals surface area (Å²) in [6, 6.07) is 19.6. The fraction of sp³-hybridized carbons (Fsp3) is 0.240. The molecule has 5 heteroatoms. The van der Waals surface area contributed by atoms with Gasteiger partial charge in [0.1, 0.15) is 0 Å². The third-order valence-corrected chi connectivity index (χ3v) is 6.04. The van der Waals surface area contributed by atoms with Crippen molar-refractivity contribution in [1.29, 1.82) is 0 Å². The highest BCUT2D eigenvalue weighted by Gasteiger charge is 2.51. The summed E-state index contributed by atoms with van der Waals surface area (Å²) in [6.45, 7) is 2.30. The van der Waals surface area contributed by atoms with Crippen LogP contribution in [0.15, 0.2) is 60.7 Å². The molecule has 3 aromatic carbocycles. The average molecular weight is 401 g/mol. The number of amides is 1. The van der Waals surface area contributed by atoms with E-state index >= 15 is 0 Å². The standard InChI is InChI=1S/C25H23NO4/c1-16-12-20(7-8-21(16)18-4-2-17(14-27)3-5-18)26-24(28)25(10-11-25)19-6-9-22-23(13-19)30-15-29-22/h2-9,12-13,27H,10-11,14-15H2,1H3,(H,26,28). The Balaban J connectivity index is 1.35. The molecule has 0 spiro atoms. The van der Waals surface area contributed by atoms with Crippen molar-refractivity contribution in [3.05, 3.63) is 77.4 Å². The van der Waals surface area contributed by atoms with E-state index in [1.54, 1.807) is 0 Å². The predicted molar refractivity (Wildman–Crippen MR) is 115 cm³/mol. The molecule has 0 aromatic heterocycles. The van der Waals surface area contributed by atoms with E-state index in [1.807, 2.05) is 67.6 Å². The Morgan fingerprint density at radius 2 is 1.77 bits per heavy atom. The van der Waals surface area contributed by atoms with Crippen LogP contribution in [0.1, 0.15) is 29.5 Å². The van der Waals surface area contributed by atoms with Gasteiger partial charge in [0, 0.05) is 5.69 Å². The maximum Gasteiger partial charge on any atom is 0.235 e. The lowest BCUT2D eigenvalue weighted by atomic mass is 9.94. The van der Waals surface area contributed by atoms with Crippen LogP contribution in [0.25, 0.3) is 11.1 Å². The maximum absolute atomic E-state index is 13.1. The molecule has 30 heavy (non-hydrogen) atoms. The van der Waals surface area contributed by atoms with E-state index in [0.717, 1.165) is 52.1 Å². The van der Waals surface area contributed by atoms with Crippen molar-refractivity contribution >= 4 is 11.6 Å². The lowest BCUT2D eigenvalue weighted by Crippen LogP contribution is -2.27. The topological polar surface area (TPSA) is 67.8 Å². The first-order chi connectivity index (χ1) is 14.6. The van der Waals surface area contributed by atoms with Gasteiger partial charge in [0.2, 0.25) is 12.7 Å². The monoisotopic (exact) mass is 401 g/mol. The molecule has 5 nitrogen and oxygen atoms in total. The molecule has 3 aromatic rings. The molecule has 0 bridgehead atoms. The number of ether oxygens (including phenoxy) is 2. The number of benzene rings is 3. The van der Waals surface area contributed by atoms with Gasteiger partial charge in [-0.2, -0.15) is 0 Å². The predicted octanol–water partition coefficient (Wildman–Crippen LogP) is 4.55. The summed E-state index contributed by atoms with van der Waals surface area (Å²) >= 11 is 0. The second kappa shape index (κ2) is 7.18. The summed E-state index contributed by atoms with van der Waals surface area (Å²) in [5, 5.41) is 12.3. The van der Waals surface area contributed by atoms with Gasteiger partial charge >= 0.3 is 0 Å². The van der Waals surface area contributed by atoms with E-state index in [0.29, 0.717) is 5.75 Å². The summed E-state index contributed by atoms with van der Waals surface area (Å²) < 4.78 is 10.9. The molecule has 1 aliphatic carbocycles. The van der Waals surface area contributed by atoms with Crippen LogP contribution in [0.2, 0.25) is 0 Å². The second-order valence-corrected chi connectivity index (χ2v) is 7.99. The van der Waals surface area contributed by atoms with Gasteiger partial charge in [0.05, 0.1) is 12.0 Å². The molecule has 2 aliphatic rings. The SMILES string of the molecule is Cc1cc(NC(=O)C2(c3ccc4c(c3)OCO4)CC2)ccc1-c1ccc(CO)cc1. The number of nitrogens with one attached hydrogen (secondary N) is 1. The summed E-state index contributed by atoms with van der Waals surface area (Å²) in [6.07, 6.45) is 1.65. The molecule has 1 fully saturated rings. The van der Waals surface area contributed by atoms with E-state index in [1.165, 1.54) is 0 Å². The number of hydrogen-bond donors (Lipinski definition) is 2. The van der Waals surface area contributed by atoms with Crippen LogP contribution in [0.4, 0.5) is 5.69 Å². The van der Waals surface area contributed by atoms with E-state index in [-0.39, 0.29) is 19.3 Å². The summed E-state index contributed by atoms with van der Waals surface area (Å²) in [5.41, 5.74) is 5.43. The first kappa shape index (κ1) is 18.7. The first-order valence-corrected chi connectivity index (χ1v) is 10.1. The molecule has 1 aliphatic heterocycles. The minimum absolute atomic E-state index is 0.0146. The average Bonchev–Trinajstić information content (AvgIpc) is 3.45. The van der Waals surface area contributed by atoms with Crippen LogP contribution in [0.3, 0.4) is 0 Å². The van der Waals surface area contributed by atoms with Crippen molar-refractivity contribution in [2.75, 3.05) is 12.1 Å². The molecule has 5 rings (SSSR count). The highest BCUT2D eigenvalue weighted by atomic mass is 16.7. The van der Waals surface area contributed by atoms with Gasteiger partial charge in [-0.05, 0) is 71.8 Å². The number of fused-ring (bicyclic) bond motifs is 1. The molecule has 0 saturated heterocycles. The highest BCUT2D eigenvalue weighted by molar-refractivity contribution is 6.01. The molecular weight excluding hydrogens is 378 g/mol. The zero-order valence-electron chi connectivity index (χ0n) is 16.8. The van der Waals surface area contributed by atoms with Gasteiger partial charge < -0.3 is 19.9 Å². The third kappa shape index (κ3) is 3.21. The van der Waals surface area contributed by atoms with Gasteiger partial charge in [-0.1, -0.05) is 36.4 Å². The number of aliphatic hydroxyl groups excluding tert-OH is 1. The van der Waals surface area contributed by atoms with Crippen LogP contribution in [0.5, 0.6) is 11.5 Å². The normalized spacial score (nSPS) is 15.7. The highest BCUT2D eigenvalue weighted by Crippen LogP contribution is 2.51. The molecule has 0 radical (unpaired) electrons. The van der Waals surface area contributed by atoms with Gasteiger partial charge in [0.25, 0.3) is 0 Å². The number of carbonyl (C=O) groups excluding carboxylic acids is 1. The summed E-state index contributed by atoms with van der Waals surface area (Å²) in [5.74, 6) is 1.45. The Kier molecular flexibility index (Phi) is 4.48. The molecular formula is C25H23NO4. The van der Waals surface area contributed by atoms with Crippen LogP contribution < -0.4 is 14.8 Å². The van der Waals surface area contributed by atoms with Gasteiger partial charge in [-0.3, -0.25) is 4.79 Å². The van der Waals surface area contributed by atoms with Crippen LogP contribution in [0, 0.1) is 6.92 Å². The third-order valence-electron chi connectivity index (χ3n) is 6.04. The Labute approximate surface area is 175 Å². The Morgan fingerprint density at radius 3 is 2.47 bits per heavy atom. The Bertz CT molecular complexity index is 1120. The first-order valence-electron chi connectivity index (χ1n) is 10.1. The van der Waals surface area contributed by atoms with Crippen LogP contribution >= 0.6 is 0 Å². The van der Waals surface area contributed by atoms with Crippen molar-refractivity contribution in [2.24, 2.45) is 0 Å². The minimum atomic E-state index is -0.492. The molecule has 1 saturated carbocycles. The van der Waals surface area contributed by atoms with Crippen molar-refractivity contribution in [2.45, 2.75) is 31.8 Å². The van der Waals surface area contributed by atoms with Crippen molar-refractivity contribution in [3.8, 4) is 22.6 Å². The Morgan fingerprint density at radius 1 is 1.00 bits per heavy atom. The van der Waals surface area contributed by atoms with E-state index in [2.05, 4.69) is 5.32 Å². The zero-order valence-corrected chi connectivity index (χ0v) is 16.8. The van der Waals surface area contributed by atoms with Gasteiger partial charge in [0.15, 0.2) is 11.5 Å². The number of aryl methyl sites for hydroxylation is 1. The molecule has 152 valence electrons. The second-order valence-electron chi connectivity index (χ2n) is 7.99. The molecule has 0 atom stereocenters. The number of hydrogen-bond acceptors (Lipinski definition) is 4. The van der Waals surface area contributed by atoms with Gasteiger partial charge in [-0.15, -0.1) is 0 Å². The fourth-order valence-electron chi connectivity index (χ4n) is 4.07. The van der Waals surface area contributed by atoms with Crippen LogP contribution in [-0.2, 0) is 16.8 Å². The smallest absolute Gasteiger partial charge is 0.235 e. The lowest BCUT2D eigenvalue weighted by Gasteiger charge is -2.17. The molecule has 0 unspecified atom stereocenters. The largest absolute Gasteiger partial charge is 0.454 e. The van der Waals surface area contributed by atoms with Crippen molar-refractivity contribution < 1.29 is 19.4 Å². The van der Waals surface area contributed by atoms with E-state index < -0.39 is 5.41 Å². The van der Waals surface area contributed by atoms with Gasteiger partial charge in [-0.25, -0.2) is 0 Å². The minimum Gasteiger partial charge on any atom is -0.454 e. The van der Waals surface area contributed by atoms with Crippen molar-refractivity contribution in [1.82, 2.24) is 0 Å². The summed E-state index contributed by atoms with van der Waals surface area (Å²) in [7, 11) is 0. The number of anilines is 1. The van der Waals surface area contributed by atoms with E-state index in [4.69, 9.17) is 9.47 Å². The fourth-order valence-corrected chi connectivity index (χ4v) is 4.07. The number of aliphatic hydroxyl groups is 1. The molecule has 2 N–H and O–H groups in total. The zero-order chi connectivity index (χ0) is 20.7. The quantitative estimate of drug-likeness (QED) is 0.658. The van der Waals surface area contributed by atoms with Crippen LogP contribution in [-0.4, -0.2) is 17.8 Å². The van der Waals surface area contributed by atoms with E-state index in [9.17, 15) is 9.90 Å². The lowest BCUT2D eigenvalue weighted by molar-refractivity contribution is -0.118.